The number of alkyl halides is 3. The molecule has 110 valence electrons. The third kappa shape index (κ3) is 3.31. The van der Waals surface area contributed by atoms with E-state index in [0.717, 1.165) is 17.7 Å². The third-order valence-electron chi connectivity index (χ3n) is 2.83. The summed E-state index contributed by atoms with van der Waals surface area (Å²) in [5.74, 6) is -0.00354. The van der Waals surface area contributed by atoms with Crippen LogP contribution in [0.3, 0.4) is 0 Å². The first kappa shape index (κ1) is 14.8. The summed E-state index contributed by atoms with van der Waals surface area (Å²) < 4.78 is 39.8. The Kier molecular flexibility index (Phi) is 3.84. The molecule has 5 nitrogen and oxygen atoms in total. The molecule has 0 N–H and O–H groups in total. The SMILES string of the molecule is CN(Cc1cnn(C)c1)c1nc(C(F)(F)F)ccc1C#N. The van der Waals surface area contributed by atoms with Gasteiger partial charge in [-0.15, -0.1) is 0 Å². The van der Waals surface area contributed by atoms with E-state index in [1.54, 1.807) is 31.2 Å². The van der Waals surface area contributed by atoms with Gasteiger partial charge < -0.3 is 4.90 Å². The van der Waals surface area contributed by atoms with Crippen LogP contribution in [0.15, 0.2) is 24.5 Å². The molecule has 0 aromatic carbocycles. The number of rotatable bonds is 3. The highest BCUT2D eigenvalue weighted by Crippen LogP contribution is 2.30. The Morgan fingerprint density at radius 3 is 2.62 bits per heavy atom. The predicted octanol–water partition coefficient (Wildman–Crippen LogP) is 2.34. The molecule has 0 fully saturated rings. The Bertz CT molecular complexity index is 684. The van der Waals surface area contributed by atoms with Crippen LogP contribution in [0.25, 0.3) is 0 Å². The minimum absolute atomic E-state index is 0.00354. The summed E-state index contributed by atoms with van der Waals surface area (Å²) in [5, 5.41) is 13.0. The molecule has 0 aliphatic rings. The number of aromatic nitrogens is 3. The molecule has 2 aromatic heterocycles. The maximum Gasteiger partial charge on any atom is 0.433 e. The van der Waals surface area contributed by atoms with Crippen molar-refractivity contribution in [1.29, 1.82) is 5.26 Å². The van der Waals surface area contributed by atoms with E-state index in [1.165, 1.54) is 4.90 Å². The van der Waals surface area contributed by atoms with E-state index in [2.05, 4.69) is 10.1 Å². The zero-order valence-corrected chi connectivity index (χ0v) is 11.4. The number of nitrogens with zero attached hydrogens (tertiary/aromatic N) is 5. The van der Waals surface area contributed by atoms with Gasteiger partial charge in [-0.2, -0.15) is 23.5 Å². The van der Waals surface area contributed by atoms with Crippen LogP contribution in [0.2, 0.25) is 0 Å². The van der Waals surface area contributed by atoms with Crippen molar-refractivity contribution in [3.8, 4) is 6.07 Å². The van der Waals surface area contributed by atoms with Crippen molar-refractivity contribution >= 4 is 5.82 Å². The van der Waals surface area contributed by atoms with Crippen LogP contribution >= 0.6 is 0 Å². The molecule has 0 saturated carbocycles. The smallest absolute Gasteiger partial charge is 0.354 e. The van der Waals surface area contributed by atoms with Gasteiger partial charge in [-0.3, -0.25) is 4.68 Å². The molecule has 0 aliphatic heterocycles. The van der Waals surface area contributed by atoms with Crippen molar-refractivity contribution in [1.82, 2.24) is 14.8 Å². The fraction of sp³-hybridized carbons (Fsp3) is 0.308. The number of hydrogen-bond donors (Lipinski definition) is 0. The van der Waals surface area contributed by atoms with Gasteiger partial charge in [0.25, 0.3) is 0 Å². The van der Waals surface area contributed by atoms with Crippen LogP contribution < -0.4 is 4.90 Å². The summed E-state index contributed by atoms with van der Waals surface area (Å²) in [6.07, 6.45) is -1.19. The molecule has 0 saturated heterocycles. The highest BCUT2D eigenvalue weighted by atomic mass is 19.4. The zero-order chi connectivity index (χ0) is 15.6. The molecule has 0 aliphatic carbocycles. The molecule has 2 heterocycles. The Morgan fingerprint density at radius 2 is 2.10 bits per heavy atom. The molecule has 0 amide bonds. The van der Waals surface area contributed by atoms with E-state index in [9.17, 15) is 13.2 Å². The van der Waals surface area contributed by atoms with Crippen molar-refractivity contribution in [2.45, 2.75) is 12.7 Å². The summed E-state index contributed by atoms with van der Waals surface area (Å²) in [6, 6.07) is 3.79. The van der Waals surface area contributed by atoms with Crippen LogP contribution in [-0.2, 0) is 19.8 Å². The van der Waals surface area contributed by atoms with E-state index in [0.29, 0.717) is 6.54 Å². The van der Waals surface area contributed by atoms with Crippen LogP contribution in [0.5, 0.6) is 0 Å². The average Bonchev–Trinajstić information content (AvgIpc) is 2.82. The summed E-state index contributed by atoms with van der Waals surface area (Å²) in [6.45, 7) is 0.302. The fourth-order valence-electron chi connectivity index (χ4n) is 1.89. The second-order valence-electron chi connectivity index (χ2n) is 4.56. The van der Waals surface area contributed by atoms with Gasteiger partial charge in [-0.1, -0.05) is 0 Å². The number of nitriles is 1. The van der Waals surface area contributed by atoms with Crippen molar-refractivity contribution in [3.63, 3.8) is 0 Å². The number of halogens is 3. The lowest BCUT2D eigenvalue weighted by Crippen LogP contribution is -2.20. The number of anilines is 1. The molecule has 21 heavy (non-hydrogen) atoms. The summed E-state index contributed by atoms with van der Waals surface area (Å²) >= 11 is 0. The second-order valence-corrected chi connectivity index (χ2v) is 4.56. The molecule has 2 aromatic rings. The second kappa shape index (κ2) is 5.44. The highest BCUT2D eigenvalue weighted by Gasteiger charge is 2.33. The normalized spacial score (nSPS) is 11.2. The maximum absolute atomic E-state index is 12.7. The van der Waals surface area contributed by atoms with Gasteiger partial charge >= 0.3 is 6.18 Å². The molecule has 0 bridgehead atoms. The van der Waals surface area contributed by atoms with Gasteiger partial charge in [0.2, 0.25) is 0 Å². The van der Waals surface area contributed by atoms with Crippen LogP contribution in [-0.4, -0.2) is 21.8 Å². The molecule has 0 atom stereocenters. The highest BCUT2D eigenvalue weighted by molar-refractivity contribution is 5.54. The average molecular weight is 295 g/mol. The van der Waals surface area contributed by atoms with Gasteiger partial charge in [0.15, 0.2) is 0 Å². The Labute approximate surface area is 119 Å². The van der Waals surface area contributed by atoms with E-state index < -0.39 is 11.9 Å². The lowest BCUT2D eigenvalue weighted by Gasteiger charge is -2.19. The molecule has 2 rings (SSSR count). The lowest BCUT2D eigenvalue weighted by atomic mass is 10.2. The first-order valence-corrected chi connectivity index (χ1v) is 5.98. The van der Waals surface area contributed by atoms with Crippen LogP contribution in [0, 0.1) is 11.3 Å². The van der Waals surface area contributed by atoms with Crippen molar-refractivity contribution in [2.24, 2.45) is 7.05 Å². The molecule has 8 heteroatoms. The predicted molar refractivity (Wildman–Crippen MR) is 69.3 cm³/mol. The van der Waals surface area contributed by atoms with Gasteiger partial charge in [0.05, 0.1) is 11.8 Å². The van der Waals surface area contributed by atoms with Crippen LogP contribution in [0.1, 0.15) is 16.8 Å². The first-order valence-electron chi connectivity index (χ1n) is 5.98. The lowest BCUT2D eigenvalue weighted by molar-refractivity contribution is -0.141. The van der Waals surface area contributed by atoms with E-state index in [4.69, 9.17) is 5.26 Å². The topological polar surface area (TPSA) is 57.7 Å². The standard InChI is InChI=1S/C13H12F3N5/c1-20(7-9-6-18-21(2)8-9)12-10(5-17)3-4-11(19-12)13(14,15)16/h3-4,6,8H,7H2,1-2H3. The fourth-order valence-corrected chi connectivity index (χ4v) is 1.89. The van der Waals surface area contributed by atoms with Gasteiger partial charge in [0, 0.05) is 32.4 Å². The number of aryl methyl sites for hydroxylation is 1. The molecular formula is C13H12F3N5. The Morgan fingerprint density at radius 1 is 1.38 bits per heavy atom. The molecular weight excluding hydrogens is 283 g/mol. The zero-order valence-electron chi connectivity index (χ0n) is 11.4. The number of hydrogen-bond acceptors (Lipinski definition) is 4. The number of pyridine rings is 1. The van der Waals surface area contributed by atoms with E-state index in [-0.39, 0.29) is 11.4 Å². The van der Waals surface area contributed by atoms with Crippen molar-refractivity contribution in [3.05, 3.63) is 41.3 Å². The van der Waals surface area contributed by atoms with Crippen LogP contribution in [0.4, 0.5) is 19.0 Å². The first-order chi connectivity index (χ1) is 9.81. The third-order valence-corrected chi connectivity index (χ3v) is 2.83. The van der Waals surface area contributed by atoms with Crippen molar-refractivity contribution in [2.75, 3.05) is 11.9 Å². The summed E-state index contributed by atoms with van der Waals surface area (Å²) in [7, 11) is 3.32. The summed E-state index contributed by atoms with van der Waals surface area (Å²) in [5.41, 5.74) is -0.118. The van der Waals surface area contributed by atoms with E-state index in [1.807, 2.05) is 6.07 Å². The monoisotopic (exact) mass is 295 g/mol. The summed E-state index contributed by atoms with van der Waals surface area (Å²) in [4.78, 5) is 5.06. The van der Waals surface area contributed by atoms with Gasteiger partial charge in [0.1, 0.15) is 17.6 Å². The van der Waals surface area contributed by atoms with Gasteiger partial charge in [-0.05, 0) is 12.1 Å². The Balaban J connectivity index is 2.34. The molecule has 0 unspecified atom stereocenters. The largest absolute Gasteiger partial charge is 0.433 e. The molecule has 0 radical (unpaired) electrons. The minimum atomic E-state index is -4.54. The maximum atomic E-state index is 12.7. The minimum Gasteiger partial charge on any atom is -0.354 e. The Hall–Kier alpha value is -2.56. The molecule has 0 spiro atoms. The quantitative estimate of drug-likeness (QED) is 0.872. The van der Waals surface area contributed by atoms with Gasteiger partial charge in [-0.25, -0.2) is 4.98 Å². The van der Waals surface area contributed by atoms with E-state index >= 15 is 0 Å². The van der Waals surface area contributed by atoms with Crippen molar-refractivity contribution < 1.29 is 13.2 Å².